The molecule has 51 heavy (non-hydrogen) atoms. The van der Waals surface area contributed by atoms with Crippen molar-refractivity contribution in [3.05, 3.63) is 187 Å². The first-order valence-electron chi connectivity index (χ1n) is 17.3. The van der Waals surface area contributed by atoms with E-state index < -0.39 is 0 Å². The lowest BCUT2D eigenvalue weighted by Gasteiger charge is -2.28. The molecule has 4 nitrogen and oxygen atoms in total. The number of rotatable bonds is 5. The van der Waals surface area contributed by atoms with Crippen molar-refractivity contribution in [1.29, 1.82) is 0 Å². The fourth-order valence-electron chi connectivity index (χ4n) is 7.86. The van der Waals surface area contributed by atoms with Crippen LogP contribution in [-0.4, -0.2) is 15.0 Å². The van der Waals surface area contributed by atoms with Gasteiger partial charge in [0.15, 0.2) is 17.5 Å². The van der Waals surface area contributed by atoms with Gasteiger partial charge >= 0.3 is 0 Å². The summed E-state index contributed by atoms with van der Waals surface area (Å²) in [6, 6.07) is 59.5. The molecule has 0 fully saturated rings. The molecule has 10 rings (SSSR count). The van der Waals surface area contributed by atoms with Crippen LogP contribution in [0.3, 0.4) is 0 Å². The number of hydrogen-bond donors (Lipinski definition) is 0. The number of furan rings is 1. The predicted octanol–water partition coefficient (Wildman–Crippen LogP) is 11.8. The second kappa shape index (κ2) is 11.5. The molecule has 0 radical (unpaired) electrons. The molecular formula is C47H31N3O. The van der Waals surface area contributed by atoms with E-state index in [9.17, 15) is 0 Å². The lowest BCUT2D eigenvalue weighted by molar-refractivity contribution is 0.669. The van der Waals surface area contributed by atoms with Crippen molar-refractivity contribution >= 4 is 21.9 Å². The highest BCUT2D eigenvalue weighted by Crippen LogP contribution is 2.53. The summed E-state index contributed by atoms with van der Waals surface area (Å²) in [5, 5.41) is 2.11. The van der Waals surface area contributed by atoms with Gasteiger partial charge in [-0.3, -0.25) is 0 Å². The molecule has 2 aromatic heterocycles. The number of benzene rings is 7. The molecule has 1 aliphatic carbocycles. The van der Waals surface area contributed by atoms with E-state index in [1.54, 1.807) is 0 Å². The Kier molecular flexibility index (Phi) is 6.58. The fraction of sp³-hybridized carbons (Fsp3) is 0.0426. The summed E-state index contributed by atoms with van der Waals surface area (Å²) < 4.78 is 6.41. The first kappa shape index (κ1) is 29.3. The maximum Gasteiger partial charge on any atom is 0.167 e. The van der Waals surface area contributed by atoms with Crippen LogP contribution in [0.25, 0.3) is 78.4 Å². The summed E-state index contributed by atoms with van der Waals surface area (Å²) in [5.74, 6) is 1.79. The van der Waals surface area contributed by atoms with E-state index in [4.69, 9.17) is 19.4 Å². The van der Waals surface area contributed by atoms with Crippen LogP contribution in [0.15, 0.2) is 174 Å². The quantitative estimate of drug-likeness (QED) is 0.185. The number of hydrogen-bond acceptors (Lipinski definition) is 4. The highest BCUT2D eigenvalue weighted by atomic mass is 16.3. The van der Waals surface area contributed by atoms with Crippen molar-refractivity contribution in [2.45, 2.75) is 12.3 Å². The van der Waals surface area contributed by atoms with Gasteiger partial charge in [-0.25, -0.2) is 15.0 Å². The molecule has 0 aliphatic heterocycles. The Bertz CT molecular complexity index is 2770. The molecule has 7 aromatic carbocycles. The molecule has 9 aromatic rings. The predicted molar refractivity (Wildman–Crippen MR) is 206 cm³/mol. The first-order chi connectivity index (χ1) is 25.1. The maximum atomic E-state index is 6.41. The van der Waals surface area contributed by atoms with E-state index in [2.05, 4.69) is 116 Å². The van der Waals surface area contributed by atoms with Crippen molar-refractivity contribution in [2.75, 3.05) is 0 Å². The second-order valence-corrected chi connectivity index (χ2v) is 13.3. The zero-order valence-corrected chi connectivity index (χ0v) is 27.9. The van der Waals surface area contributed by atoms with Crippen LogP contribution in [0, 0.1) is 0 Å². The monoisotopic (exact) mass is 653 g/mol. The molecule has 0 spiro atoms. The third-order valence-corrected chi connectivity index (χ3v) is 10.4. The smallest absolute Gasteiger partial charge is 0.167 e. The first-order valence-corrected chi connectivity index (χ1v) is 17.3. The average molecular weight is 654 g/mol. The van der Waals surface area contributed by atoms with E-state index in [1.165, 1.54) is 27.8 Å². The highest BCUT2D eigenvalue weighted by molar-refractivity contribution is 6.09. The van der Waals surface area contributed by atoms with Gasteiger partial charge in [0, 0.05) is 27.3 Å². The fourth-order valence-corrected chi connectivity index (χ4v) is 7.86. The van der Waals surface area contributed by atoms with Gasteiger partial charge in [-0.1, -0.05) is 146 Å². The molecule has 1 aliphatic rings. The Morgan fingerprint density at radius 3 is 1.86 bits per heavy atom. The Morgan fingerprint density at radius 1 is 0.412 bits per heavy atom. The zero-order chi connectivity index (χ0) is 33.9. The van der Waals surface area contributed by atoms with Crippen LogP contribution in [0.4, 0.5) is 0 Å². The molecule has 1 atom stereocenters. The molecule has 0 amide bonds. The van der Waals surface area contributed by atoms with Crippen molar-refractivity contribution in [3.8, 4) is 56.4 Å². The highest BCUT2D eigenvalue weighted by Gasteiger charge is 2.40. The largest absolute Gasteiger partial charge is 0.455 e. The van der Waals surface area contributed by atoms with Gasteiger partial charge in [-0.05, 0) is 70.1 Å². The van der Waals surface area contributed by atoms with Gasteiger partial charge in [-0.15, -0.1) is 0 Å². The number of aromatic nitrogens is 3. The number of fused-ring (bicyclic) bond motifs is 6. The lowest BCUT2D eigenvalue weighted by atomic mass is 9.74. The third kappa shape index (κ3) is 4.64. The molecule has 240 valence electrons. The summed E-state index contributed by atoms with van der Waals surface area (Å²) in [6.45, 7) is 2.35. The van der Waals surface area contributed by atoms with Crippen LogP contribution >= 0.6 is 0 Å². The van der Waals surface area contributed by atoms with Gasteiger partial charge in [0.25, 0.3) is 0 Å². The van der Waals surface area contributed by atoms with Crippen molar-refractivity contribution in [1.82, 2.24) is 15.0 Å². The van der Waals surface area contributed by atoms with Gasteiger partial charge in [0.05, 0.1) is 5.56 Å². The summed E-state index contributed by atoms with van der Waals surface area (Å²) in [6.07, 6.45) is 0. The average Bonchev–Trinajstić information content (AvgIpc) is 3.72. The van der Waals surface area contributed by atoms with Gasteiger partial charge in [0.1, 0.15) is 11.2 Å². The summed E-state index contributed by atoms with van der Waals surface area (Å²) >= 11 is 0. The van der Waals surface area contributed by atoms with E-state index in [0.29, 0.717) is 17.5 Å². The van der Waals surface area contributed by atoms with Crippen molar-refractivity contribution < 1.29 is 4.42 Å². The molecule has 2 heterocycles. The summed E-state index contributed by atoms with van der Waals surface area (Å²) in [5.41, 5.74) is 12.8. The topological polar surface area (TPSA) is 51.8 Å². The van der Waals surface area contributed by atoms with Gasteiger partial charge < -0.3 is 4.42 Å². The molecule has 1 unspecified atom stereocenters. The summed E-state index contributed by atoms with van der Waals surface area (Å²) in [4.78, 5) is 15.2. The lowest BCUT2D eigenvalue weighted by Crippen LogP contribution is -2.22. The Hall–Kier alpha value is -6.65. The Labute approximate surface area is 295 Å². The van der Waals surface area contributed by atoms with Crippen LogP contribution in [0.5, 0.6) is 0 Å². The molecule has 0 saturated carbocycles. The van der Waals surface area contributed by atoms with Gasteiger partial charge in [0.2, 0.25) is 0 Å². The van der Waals surface area contributed by atoms with Crippen LogP contribution in [0.1, 0.15) is 23.6 Å². The normalized spacial score (nSPS) is 14.8. The molecule has 0 bridgehead atoms. The summed E-state index contributed by atoms with van der Waals surface area (Å²) in [7, 11) is 0. The van der Waals surface area contributed by atoms with E-state index in [-0.39, 0.29) is 5.41 Å². The number of para-hydroxylation sites is 2. The molecule has 0 saturated heterocycles. The maximum absolute atomic E-state index is 6.41. The van der Waals surface area contributed by atoms with Crippen LogP contribution < -0.4 is 0 Å². The van der Waals surface area contributed by atoms with Gasteiger partial charge in [-0.2, -0.15) is 0 Å². The van der Waals surface area contributed by atoms with E-state index >= 15 is 0 Å². The Morgan fingerprint density at radius 2 is 1.00 bits per heavy atom. The Balaban J connectivity index is 1.12. The molecule has 0 N–H and O–H groups in total. The zero-order valence-electron chi connectivity index (χ0n) is 27.9. The van der Waals surface area contributed by atoms with Crippen molar-refractivity contribution in [2.24, 2.45) is 0 Å². The van der Waals surface area contributed by atoms with Crippen molar-refractivity contribution in [3.63, 3.8) is 0 Å². The molecular weight excluding hydrogens is 623 g/mol. The van der Waals surface area contributed by atoms with Crippen LogP contribution in [0.2, 0.25) is 0 Å². The van der Waals surface area contributed by atoms with Crippen LogP contribution in [-0.2, 0) is 5.41 Å². The van der Waals surface area contributed by atoms with E-state index in [1.807, 2.05) is 60.7 Å². The number of nitrogens with zero attached hydrogens (tertiary/aromatic N) is 3. The SMILES string of the molecule is CC1(c2ccccc2)c2ccccc2-c2ccc(-c3cccc(-c4nc(-c5ccccc5)nc(-c5cccc6c5oc5ccccc56)n4)c3)cc21. The minimum absolute atomic E-state index is 0.272. The third-order valence-electron chi connectivity index (χ3n) is 10.4. The second-order valence-electron chi connectivity index (χ2n) is 13.3. The minimum Gasteiger partial charge on any atom is -0.455 e. The molecule has 4 heteroatoms. The minimum atomic E-state index is -0.272. The van der Waals surface area contributed by atoms with E-state index in [0.717, 1.165) is 49.8 Å². The standard InChI is InChI=1S/C47H31N3O/c1-47(34-18-6-3-7-19-34)40-24-10-8-20-35(40)36-27-26-32(29-41(36)47)31-16-12-17-33(28-31)45-48-44(30-14-4-2-5-15-30)49-46(50-45)39-23-13-22-38-37-21-9-11-25-42(37)51-43(38)39/h2-29H,1H3.